The zero-order chi connectivity index (χ0) is 23.6. The second-order valence-electron chi connectivity index (χ2n) is 7.31. The molecule has 2 aromatic carbocycles. The minimum Gasteiger partial charge on any atom is -0.324 e. The van der Waals surface area contributed by atoms with Crippen molar-refractivity contribution in [2.75, 3.05) is 5.32 Å². The van der Waals surface area contributed by atoms with Crippen LogP contribution in [-0.4, -0.2) is 25.4 Å². The molecule has 2 heterocycles. The molecule has 1 amide bonds. The second-order valence-corrected chi connectivity index (χ2v) is 7.31. The van der Waals surface area contributed by atoms with Crippen LogP contribution in [0, 0.1) is 6.92 Å². The Morgan fingerprint density at radius 2 is 1.88 bits per heavy atom. The molecule has 7 nitrogen and oxygen atoms in total. The van der Waals surface area contributed by atoms with Gasteiger partial charge in [0, 0.05) is 47.3 Å². The Kier molecular flexibility index (Phi) is 5.93. The Morgan fingerprint density at radius 1 is 1.12 bits per heavy atom. The lowest BCUT2D eigenvalue weighted by atomic mass is 10.00. The molecule has 0 aliphatic heterocycles. The van der Waals surface area contributed by atoms with Gasteiger partial charge in [-0.3, -0.25) is 4.79 Å². The number of carbonyl (C=O) groups excluding carboxylic acids is 1. The molecular formula is C23H19F3N6O. The van der Waals surface area contributed by atoms with E-state index in [2.05, 4.69) is 20.3 Å². The second kappa shape index (κ2) is 8.83. The number of nitrogens with two attached hydrogens (primary N) is 1. The van der Waals surface area contributed by atoms with Gasteiger partial charge >= 0.3 is 6.18 Å². The van der Waals surface area contributed by atoms with E-state index in [1.807, 2.05) is 6.92 Å². The highest BCUT2D eigenvalue weighted by atomic mass is 19.4. The van der Waals surface area contributed by atoms with Crippen molar-refractivity contribution in [3.63, 3.8) is 0 Å². The monoisotopic (exact) mass is 452 g/mol. The molecule has 10 heteroatoms. The molecule has 33 heavy (non-hydrogen) atoms. The van der Waals surface area contributed by atoms with E-state index in [0.29, 0.717) is 11.4 Å². The molecule has 0 aliphatic carbocycles. The summed E-state index contributed by atoms with van der Waals surface area (Å²) < 4.78 is 41.7. The number of imidazole rings is 1. The van der Waals surface area contributed by atoms with Crippen LogP contribution in [0.1, 0.15) is 27.3 Å². The average Bonchev–Trinajstić information content (AvgIpc) is 3.34. The largest absolute Gasteiger partial charge is 0.416 e. The number of anilines is 1. The summed E-state index contributed by atoms with van der Waals surface area (Å²) >= 11 is 0. The predicted octanol–water partition coefficient (Wildman–Crippen LogP) is 4.37. The fourth-order valence-electron chi connectivity index (χ4n) is 3.28. The van der Waals surface area contributed by atoms with Crippen molar-refractivity contribution in [1.82, 2.24) is 19.5 Å². The fourth-order valence-corrected chi connectivity index (χ4v) is 3.28. The Balaban J connectivity index is 1.66. The number of nitrogens with zero attached hydrogens (tertiary/aromatic N) is 4. The van der Waals surface area contributed by atoms with Crippen LogP contribution in [0.4, 0.5) is 18.9 Å². The summed E-state index contributed by atoms with van der Waals surface area (Å²) in [7, 11) is 0. The fraction of sp³-hybridized carbons (Fsp3) is 0.130. The van der Waals surface area contributed by atoms with Crippen LogP contribution in [0.2, 0.25) is 0 Å². The third-order valence-corrected chi connectivity index (χ3v) is 5.00. The van der Waals surface area contributed by atoms with E-state index in [-0.39, 0.29) is 23.5 Å². The number of hydrogen-bond acceptors (Lipinski definition) is 5. The number of aromatic nitrogens is 4. The maximum absolute atomic E-state index is 13.4. The number of carbonyl (C=O) groups is 1. The van der Waals surface area contributed by atoms with Crippen molar-refractivity contribution in [3.05, 3.63) is 90.0 Å². The molecule has 0 aliphatic rings. The highest BCUT2D eigenvalue weighted by molar-refractivity contribution is 6.05. The number of rotatable bonds is 5. The summed E-state index contributed by atoms with van der Waals surface area (Å²) in [5, 5.41) is 2.57. The summed E-state index contributed by atoms with van der Waals surface area (Å²) in [6, 6.07) is 8.34. The third kappa shape index (κ3) is 4.90. The predicted molar refractivity (Wildman–Crippen MR) is 117 cm³/mol. The minimum absolute atomic E-state index is 0.0104. The molecule has 0 fully saturated rings. The third-order valence-electron chi connectivity index (χ3n) is 5.00. The van der Waals surface area contributed by atoms with Crippen molar-refractivity contribution in [1.29, 1.82) is 0 Å². The zero-order valence-electron chi connectivity index (χ0n) is 17.5. The summed E-state index contributed by atoms with van der Waals surface area (Å²) in [5.41, 5.74) is 7.47. The summed E-state index contributed by atoms with van der Waals surface area (Å²) in [5.74, 6) is -0.0600. The van der Waals surface area contributed by atoms with E-state index in [1.165, 1.54) is 29.4 Å². The molecule has 0 bridgehead atoms. The Morgan fingerprint density at radius 3 is 2.52 bits per heavy atom. The molecular weight excluding hydrogens is 433 g/mol. The number of hydrogen-bond donors (Lipinski definition) is 2. The van der Waals surface area contributed by atoms with Gasteiger partial charge in [0.05, 0.1) is 18.4 Å². The van der Waals surface area contributed by atoms with E-state index in [4.69, 9.17) is 5.73 Å². The van der Waals surface area contributed by atoms with Crippen LogP contribution in [0.5, 0.6) is 0 Å². The number of amides is 1. The maximum Gasteiger partial charge on any atom is 0.416 e. The molecule has 4 aromatic rings. The lowest BCUT2D eigenvalue weighted by Crippen LogP contribution is -2.14. The van der Waals surface area contributed by atoms with Crippen LogP contribution < -0.4 is 11.1 Å². The molecule has 4 rings (SSSR count). The first-order valence-electron chi connectivity index (χ1n) is 9.88. The van der Waals surface area contributed by atoms with Gasteiger partial charge in [0.1, 0.15) is 5.82 Å². The molecule has 0 unspecified atom stereocenters. The van der Waals surface area contributed by atoms with Crippen molar-refractivity contribution < 1.29 is 18.0 Å². The van der Waals surface area contributed by atoms with Gasteiger partial charge < -0.3 is 15.6 Å². The van der Waals surface area contributed by atoms with Crippen LogP contribution in [-0.2, 0) is 12.7 Å². The van der Waals surface area contributed by atoms with Crippen molar-refractivity contribution in [2.45, 2.75) is 19.6 Å². The van der Waals surface area contributed by atoms with E-state index in [9.17, 15) is 18.0 Å². The molecule has 0 radical (unpaired) electrons. The van der Waals surface area contributed by atoms with Gasteiger partial charge in [-0.2, -0.15) is 13.2 Å². The van der Waals surface area contributed by atoms with Gasteiger partial charge in [0.25, 0.3) is 5.91 Å². The normalized spacial score (nSPS) is 11.4. The highest BCUT2D eigenvalue weighted by Gasteiger charge is 2.31. The van der Waals surface area contributed by atoms with E-state index in [0.717, 1.165) is 23.3 Å². The van der Waals surface area contributed by atoms with Gasteiger partial charge in [-0.1, -0.05) is 6.07 Å². The molecule has 0 saturated carbocycles. The first-order valence-corrected chi connectivity index (χ1v) is 9.88. The summed E-state index contributed by atoms with van der Waals surface area (Å²) in [4.78, 5) is 25.1. The van der Waals surface area contributed by atoms with Crippen molar-refractivity contribution >= 4 is 11.6 Å². The number of aryl methyl sites for hydroxylation is 1. The van der Waals surface area contributed by atoms with E-state index in [1.54, 1.807) is 30.6 Å². The Hall–Kier alpha value is -4.05. The lowest BCUT2D eigenvalue weighted by Gasteiger charge is -2.14. The summed E-state index contributed by atoms with van der Waals surface area (Å²) in [6.07, 6.45) is 3.00. The molecule has 0 atom stereocenters. The number of alkyl halides is 3. The first-order chi connectivity index (χ1) is 15.7. The standard InChI is InChI=1S/C23H19F3N6O/c1-14-2-3-15(6-20(14)16-11-29-21(10-27)30-12-16)22(33)31-18-7-17(23(24,25)26)8-19(9-18)32-5-4-28-13-32/h2-9,11-13H,10,27H2,1H3,(H,31,33). The summed E-state index contributed by atoms with van der Waals surface area (Å²) in [6.45, 7) is 2.08. The quantitative estimate of drug-likeness (QED) is 0.469. The topological polar surface area (TPSA) is 98.7 Å². The van der Waals surface area contributed by atoms with Gasteiger partial charge in [0.2, 0.25) is 0 Å². The van der Waals surface area contributed by atoms with Crippen LogP contribution in [0.25, 0.3) is 16.8 Å². The maximum atomic E-state index is 13.4. The van der Waals surface area contributed by atoms with Crippen molar-refractivity contribution in [3.8, 4) is 16.8 Å². The van der Waals surface area contributed by atoms with Crippen molar-refractivity contribution in [2.24, 2.45) is 5.73 Å². The number of nitrogens with one attached hydrogen (secondary N) is 1. The Labute approximate surface area is 187 Å². The van der Waals surface area contributed by atoms with E-state index >= 15 is 0 Å². The van der Waals surface area contributed by atoms with Gasteiger partial charge in [-0.25, -0.2) is 15.0 Å². The number of halogens is 3. The molecule has 3 N–H and O–H groups in total. The smallest absolute Gasteiger partial charge is 0.324 e. The Bertz CT molecular complexity index is 1280. The van der Waals surface area contributed by atoms with Crippen LogP contribution >= 0.6 is 0 Å². The molecule has 168 valence electrons. The molecule has 2 aromatic heterocycles. The molecule has 0 spiro atoms. The van der Waals surface area contributed by atoms with Gasteiger partial charge in [-0.05, 0) is 48.4 Å². The number of benzene rings is 2. The molecule has 0 saturated heterocycles. The minimum atomic E-state index is -4.58. The van der Waals surface area contributed by atoms with Crippen LogP contribution in [0.3, 0.4) is 0 Å². The average molecular weight is 452 g/mol. The SMILES string of the molecule is Cc1ccc(C(=O)Nc2cc(-n3ccnc3)cc(C(F)(F)F)c2)cc1-c1cnc(CN)nc1. The van der Waals surface area contributed by atoms with Gasteiger partial charge in [-0.15, -0.1) is 0 Å². The van der Waals surface area contributed by atoms with E-state index < -0.39 is 17.6 Å². The van der Waals surface area contributed by atoms with Crippen LogP contribution in [0.15, 0.2) is 67.5 Å². The highest BCUT2D eigenvalue weighted by Crippen LogP contribution is 2.33. The zero-order valence-corrected chi connectivity index (χ0v) is 17.5. The lowest BCUT2D eigenvalue weighted by molar-refractivity contribution is -0.137. The van der Waals surface area contributed by atoms with Gasteiger partial charge in [0.15, 0.2) is 0 Å². The first kappa shape index (κ1) is 22.2.